The first-order valence-corrected chi connectivity index (χ1v) is 7.21. The number of rotatable bonds is 2. The summed E-state index contributed by atoms with van der Waals surface area (Å²) < 4.78 is 1.06. The number of hydrogen-bond acceptors (Lipinski definition) is 1. The number of phenols is 1. The largest absolute Gasteiger partial charge is 0.507 e. The molecule has 0 radical (unpaired) electrons. The molecule has 1 saturated heterocycles. The molecule has 1 fully saturated rings. The summed E-state index contributed by atoms with van der Waals surface area (Å²) in [5.74, 6) is 0.448. The number of piperidine rings is 1. The molecule has 0 unspecified atom stereocenters. The predicted octanol–water partition coefficient (Wildman–Crippen LogP) is 3.68. The van der Waals surface area contributed by atoms with Crippen LogP contribution in [0.4, 0.5) is 0 Å². The van der Waals surface area contributed by atoms with Crippen LogP contribution in [-0.4, -0.2) is 29.7 Å². The van der Waals surface area contributed by atoms with E-state index in [4.69, 9.17) is 0 Å². The van der Waals surface area contributed by atoms with Gasteiger partial charge < -0.3 is 9.59 Å². The third kappa shape index (κ3) is 2.45. The van der Waals surface area contributed by atoms with Crippen molar-refractivity contribution in [2.24, 2.45) is 0 Å². The highest BCUT2D eigenvalue weighted by atomic mass is 16.3. The zero-order valence-electron chi connectivity index (χ0n) is 11.6. The van der Waals surface area contributed by atoms with Crippen LogP contribution < -0.4 is 0 Å². The van der Waals surface area contributed by atoms with Crippen LogP contribution in [0.5, 0.6) is 5.75 Å². The molecular weight excluding hydrogens is 234 g/mol. The van der Waals surface area contributed by atoms with Crippen molar-refractivity contribution in [3.63, 3.8) is 0 Å². The molecule has 2 heteroatoms. The summed E-state index contributed by atoms with van der Waals surface area (Å²) in [7, 11) is 2.32. The highest BCUT2D eigenvalue weighted by Crippen LogP contribution is 2.31. The Bertz CT molecular complexity index is 585. The molecule has 2 aromatic carbocycles. The summed E-state index contributed by atoms with van der Waals surface area (Å²) >= 11 is 0. The molecule has 0 spiro atoms. The van der Waals surface area contributed by atoms with Gasteiger partial charge in [0.1, 0.15) is 12.3 Å². The topological polar surface area (TPSA) is 20.2 Å². The Morgan fingerprint density at radius 2 is 1.74 bits per heavy atom. The Labute approximate surface area is 114 Å². The van der Waals surface area contributed by atoms with Gasteiger partial charge in [0.2, 0.25) is 0 Å². The van der Waals surface area contributed by atoms with Gasteiger partial charge in [-0.25, -0.2) is 0 Å². The summed E-state index contributed by atoms with van der Waals surface area (Å²) in [6.07, 6.45) is 3.97. The molecule has 3 rings (SSSR count). The quantitative estimate of drug-likeness (QED) is 0.813. The van der Waals surface area contributed by atoms with Crippen molar-refractivity contribution in [3.05, 3.63) is 42.0 Å². The lowest BCUT2D eigenvalue weighted by molar-refractivity contribution is -0.926. The minimum absolute atomic E-state index is 0.448. The van der Waals surface area contributed by atoms with E-state index in [9.17, 15) is 5.11 Å². The molecule has 0 aromatic heterocycles. The van der Waals surface area contributed by atoms with Gasteiger partial charge in [-0.15, -0.1) is 0 Å². The summed E-state index contributed by atoms with van der Waals surface area (Å²) in [4.78, 5) is 0. The number of nitrogens with zero attached hydrogens (tertiary/aromatic N) is 1. The first kappa shape index (κ1) is 12.5. The Balaban J connectivity index is 2.02. The molecule has 1 aliphatic heterocycles. The van der Waals surface area contributed by atoms with Crippen molar-refractivity contribution in [2.45, 2.75) is 25.8 Å². The predicted molar refractivity (Wildman–Crippen MR) is 79.1 cm³/mol. The molecule has 0 saturated carbocycles. The zero-order valence-corrected chi connectivity index (χ0v) is 11.6. The van der Waals surface area contributed by atoms with E-state index in [0.29, 0.717) is 5.75 Å². The summed E-state index contributed by atoms with van der Waals surface area (Å²) in [5, 5.41) is 12.7. The van der Waals surface area contributed by atoms with Gasteiger partial charge >= 0.3 is 0 Å². The Morgan fingerprint density at radius 1 is 1.00 bits per heavy atom. The molecule has 2 aromatic rings. The smallest absolute Gasteiger partial charge is 0.125 e. The van der Waals surface area contributed by atoms with Crippen LogP contribution in [0.25, 0.3) is 10.8 Å². The fourth-order valence-electron chi connectivity index (χ4n) is 3.31. The van der Waals surface area contributed by atoms with Crippen molar-refractivity contribution >= 4 is 10.8 Å². The van der Waals surface area contributed by atoms with Gasteiger partial charge in [0.15, 0.2) is 0 Å². The van der Waals surface area contributed by atoms with E-state index in [1.807, 2.05) is 12.1 Å². The van der Waals surface area contributed by atoms with Crippen LogP contribution in [0, 0.1) is 0 Å². The minimum Gasteiger partial charge on any atom is -0.507 e. The number of aromatic hydroxyl groups is 1. The minimum atomic E-state index is 0.448. The standard InChI is InChI=1S/C17H21NO/c1-18(11-5-2-6-12-18)13-16-15-8-4-3-7-14(15)9-10-17(16)19/h3-4,7-10H,2,5-6,11-13H2,1H3/p+1. The maximum Gasteiger partial charge on any atom is 0.125 e. The number of quaternary nitrogens is 1. The van der Waals surface area contributed by atoms with Crippen molar-refractivity contribution in [2.75, 3.05) is 20.1 Å². The highest BCUT2D eigenvalue weighted by Gasteiger charge is 2.26. The Morgan fingerprint density at radius 3 is 2.53 bits per heavy atom. The molecule has 1 heterocycles. The van der Waals surface area contributed by atoms with E-state index < -0.39 is 0 Å². The van der Waals surface area contributed by atoms with E-state index in [1.165, 1.54) is 43.1 Å². The molecule has 1 N–H and O–H groups in total. The van der Waals surface area contributed by atoms with Gasteiger partial charge in [0, 0.05) is 0 Å². The van der Waals surface area contributed by atoms with Crippen LogP contribution in [0.2, 0.25) is 0 Å². The number of likely N-dealkylation sites (tertiary alicyclic amines) is 1. The molecule has 1 aliphatic rings. The number of fused-ring (bicyclic) bond motifs is 1. The van der Waals surface area contributed by atoms with Crippen LogP contribution in [0.3, 0.4) is 0 Å². The van der Waals surface area contributed by atoms with Gasteiger partial charge in [-0.2, -0.15) is 0 Å². The monoisotopic (exact) mass is 256 g/mol. The molecule has 0 amide bonds. The SMILES string of the molecule is C[N+]1(Cc2c(O)ccc3ccccc23)CCCCC1. The van der Waals surface area contributed by atoms with E-state index >= 15 is 0 Å². The average molecular weight is 256 g/mol. The lowest BCUT2D eigenvalue weighted by Gasteiger charge is -2.38. The third-order valence-electron chi connectivity index (χ3n) is 4.45. The van der Waals surface area contributed by atoms with E-state index in [0.717, 1.165) is 16.6 Å². The van der Waals surface area contributed by atoms with E-state index in [-0.39, 0.29) is 0 Å². The fraction of sp³-hybridized carbons (Fsp3) is 0.412. The van der Waals surface area contributed by atoms with Gasteiger partial charge in [-0.05, 0) is 36.1 Å². The van der Waals surface area contributed by atoms with Crippen LogP contribution in [0.15, 0.2) is 36.4 Å². The van der Waals surface area contributed by atoms with Crippen LogP contribution in [0.1, 0.15) is 24.8 Å². The fourth-order valence-corrected chi connectivity index (χ4v) is 3.31. The van der Waals surface area contributed by atoms with E-state index in [2.05, 4.69) is 31.3 Å². The number of hydrogen-bond donors (Lipinski definition) is 1. The third-order valence-corrected chi connectivity index (χ3v) is 4.45. The lowest BCUT2D eigenvalue weighted by Crippen LogP contribution is -2.47. The Kier molecular flexibility index (Phi) is 3.19. The second-order valence-corrected chi connectivity index (χ2v) is 6.07. The van der Waals surface area contributed by atoms with Gasteiger partial charge in [0.05, 0.1) is 25.7 Å². The summed E-state index contributed by atoms with van der Waals surface area (Å²) in [5.41, 5.74) is 1.11. The van der Waals surface area contributed by atoms with Crippen LogP contribution >= 0.6 is 0 Å². The molecule has 0 aliphatic carbocycles. The summed E-state index contributed by atoms with van der Waals surface area (Å²) in [6.45, 7) is 3.39. The Hall–Kier alpha value is -1.54. The molecule has 100 valence electrons. The van der Waals surface area contributed by atoms with E-state index in [1.54, 1.807) is 0 Å². The van der Waals surface area contributed by atoms with Crippen molar-refractivity contribution in [3.8, 4) is 5.75 Å². The first-order valence-electron chi connectivity index (χ1n) is 7.21. The zero-order chi connectivity index (χ0) is 13.3. The number of phenolic OH excluding ortho intramolecular Hbond substituents is 1. The molecule has 2 nitrogen and oxygen atoms in total. The van der Waals surface area contributed by atoms with Gasteiger partial charge in [-0.1, -0.05) is 30.3 Å². The molecule has 0 atom stereocenters. The van der Waals surface area contributed by atoms with Crippen LogP contribution in [-0.2, 0) is 6.54 Å². The molecular formula is C17H22NO+. The number of benzene rings is 2. The molecule has 19 heavy (non-hydrogen) atoms. The lowest BCUT2D eigenvalue weighted by atomic mass is 10.0. The molecule has 0 bridgehead atoms. The van der Waals surface area contributed by atoms with Gasteiger partial charge in [-0.3, -0.25) is 0 Å². The van der Waals surface area contributed by atoms with Crippen molar-refractivity contribution in [1.29, 1.82) is 0 Å². The normalized spacial score (nSPS) is 18.6. The average Bonchev–Trinajstić information content (AvgIpc) is 2.43. The summed E-state index contributed by atoms with van der Waals surface area (Å²) in [6, 6.07) is 12.2. The first-order chi connectivity index (χ1) is 9.18. The van der Waals surface area contributed by atoms with Gasteiger partial charge in [0.25, 0.3) is 0 Å². The van der Waals surface area contributed by atoms with Crippen molar-refractivity contribution in [1.82, 2.24) is 0 Å². The maximum atomic E-state index is 10.2. The highest BCUT2D eigenvalue weighted by molar-refractivity contribution is 5.87. The van der Waals surface area contributed by atoms with Crippen molar-refractivity contribution < 1.29 is 9.59 Å². The maximum absolute atomic E-state index is 10.2. The second kappa shape index (κ2) is 4.86. The second-order valence-electron chi connectivity index (χ2n) is 6.07.